The molecule has 4 N–H and O–H groups in total. The highest BCUT2D eigenvalue weighted by atomic mass is 19.4. The van der Waals surface area contributed by atoms with Crippen LogP contribution in [0.3, 0.4) is 0 Å². The van der Waals surface area contributed by atoms with Crippen molar-refractivity contribution in [2.45, 2.75) is 50.3 Å². The molecule has 1 aliphatic carbocycles. The number of hydrogen-bond donors (Lipinski definition) is 2. The lowest BCUT2D eigenvalue weighted by atomic mass is 9.72. The van der Waals surface area contributed by atoms with E-state index in [1.54, 1.807) is 12.2 Å². The standard InChI is InChI=1S/C26H29F4N5O2/c27-19-8-3-6-18(21(19)26(28,29)30)16-37-24-22(31)33-15-20(34-24)25(9-4-7-17(14-25)23(32)36)10-5-13-35-11-1-2-12-35/h3-4,6-9,15H,1-2,5,10-14,16H2,(H2,31,33)(H2,32,36). The molecule has 2 heterocycles. The molecule has 4 rings (SSSR count). The predicted molar refractivity (Wildman–Crippen MR) is 130 cm³/mol. The first-order chi connectivity index (χ1) is 17.6. The third-order valence-electron chi connectivity index (χ3n) is 6.86. The SMILES string of the molecule is NC(=O)C1=CC=CC(CCCN2CCCC2)(c2cnc(N)c(OCc3cccc(F)c3C(F)(F)F)n2)C1. The number of rotatable bonds is 9. The molecule has 1 unspecified atom stereocenters. The Morgan fingerprint density at radius 2 is 1.97 bits per heavy atom. The number of allylic oxidation sites excluding steroid dienone is 3. The lowest BCUT2D eigenvalue weighted by Crippen LogP contribution is -2.32. The first-order valence-corrected chi connectivity index (χ1v) is 12.1. The Balaban J connectivity index is 1.60. The molecule has 7 nitrogen and oxygen atoms in total. The molecule has 0 bridgehead atoms. The van der Waals surface area contributed by atoms with E-state index in [0.29, 0.717) is 24.1 Å². The fourth-order valence-electron chi connectivity index (χ4n) is 4.96. The van der Waals surface area contributed by atoms with Crippen molar-refractivity contribution in [3.63, 3.8) is 0 Å². The quantitative estimate of drug-likeness (QED) is 0.479. The van der Waals surface area contributed by atoms with Gasteiger partial charge in [0, 0.05) is 16.6 Å². The van der Waals surface area contributed by atoms with Crippen molar-refractivity contribution in [3.8, 4) is 5.88 Å². The van der Waals surface area contributed by atoms with E-state index in [2.05, 4.69) is 14.9 Å². The molecule has 2 aliphatic rings. The second-order valence-electron chi connectivity index (χ2n) is 9.41. The van der Waals surface area contributed by atoms with Gasteiger partial charge >= 0.3 is 6.18 Å². The molecule has 1 aromatic carbocycles. The number of nitrogens with two attached hydrogens (primary N) is 2. The first-order valence-electron chi connectivity index (χ1n) is 12.1. The zero-order valence-corrected chi connectivity index (χ0v) is 20.2. The van der Waals surface area contributed by atoms with Crippen molar-refractivity contribution in [1.82, 2.24) is 14.9 Å². The van der Waals surface area contributed by atoms with E-state index in [-0.39, 0.29) is 11.7 Å². The third-order valence-corrected chi connectivity index (χ3v) is 6.86. The van der Waals surface area contributed by atoms with E-state index < -0.39 is 41.0 Å². The number of hydrogen-bond acceptors (Lipinski definition) is 6. The van der Waals surface area contributed by atoms with Gasteiger partial charge < -0.3 is 21.1 Å². The van der Waals surface area contributed by atoms with Crippen molar-refractivity contribution in [1.29, 1.82) is 0 Å². The van der Waals surface area contributed by atoms with Crippen LogP contribution >= 0.6 is 0 Å². The molecular weight excluding hydrogens is 490 g/mol. The van der Waals surface area contributed by atoms with Crippen LogP contribution in [0.4, 0.5) is 23.4 Å². The van der Waals surface area contributed by atoms with Gasteiger partial charge in [-0.2, -0.15) is 13.2 Å². The zero-order valence-electron chi connectivity index (χ0n) is 20.2. The van der Waals surface area contributed by atoms with Crippen LogP contribution in [0.2, 0.25) is 0 Å². The fraction of sp³-hybridized carbons (Fsp3) is 0.423. The van der Waals surface area contributed by atoms with Gasteiger partial charge in [0.1, 0.15) is 12.4 Å². The maximum absolute atomic E-state index is 14.0. The molecule has 37 heavy (non-hydrogen) atoms. The lowest BCUT2D eigenvalue weighted by molar-refractivity contribution is -0.141. The Morgan fingerprint density at radius 3 is 2.68 bits per heavy atom. The average molecular weight is 520 g/mol. The number of carbonyl (C=O) groups excluding carboxylic acids is 1. The predicted octanol–water partition coefficient (Wildman–Crippen LogP) is 4.28. The van der Waals surface area contributed by atoms with E-state index in [0.717, 1.165) is 38.2 Å². The summed E-state index contributed by atoms with van der Waals surface area (Å²) in [6.45, 7) is 2.37. The topological polar surface area (TPSA) is 107 Å². The van der Waals surface area contributed by atoms with E-state index in [1.807, 2.05) is 6.08 Å². The maximum atomic E-state index is 14.0. The van der Waals surface area contributed by atoms with Crippen LogP contribution in [0, 0.1) is 5.82 Å². The molecule has 0 saturated carbocycles. The van der Waals surface area contributed by atoms with Gasteiger partial charge in [-0.05, 0) is 57.8 Å². The van der Waals surface area contributed by atoms with Crippen LogP contribution in [-0.2, 0) is 23.0 Å². The minimum absolute atomic E-state index is 0.119. The van der Waals surface area contributed by atoms with Gasteiger partial charge in [-0.3, -0.25) is 4.79 Å². The van der Waals surface area contributed by atoms with Gasteiger partial charge in [0.2, 0.25) is 5.91 Å². The van der Waals surface area contributed by atoms with Crippen molar-refractivity contribution >= 4 is 11.7 Å². The van der Waals surface area contributed by atoms with Crippen molar-refractivity contribution in [2.24, 2.45) is 5.73 Å². The summed E-state index contributed by atoms with van der Waals surface area (Å²) in [5, 5.41) is 0. The van der Waals surface area contributed by atoms with Crippen molar-refractivity contribution in [3.05, 3.63) is 70.8 Å². The number of carbonyl (C=O) groups is 1. The summed E-state index contributed by atoms with van der Waals surface area (Å²) in [4.78, 5) is 23.0. The Labute approximate surface area is 212 Å². The first kappa shape index (κ1) is 26.6. The normalized spacial score (nSPS) is 20.2. The number of primary amides is 1. The number of alkyl halides is 3. The van der Waals surface area contributed by atoms with Gasteiger partial charge in [0.25, 0.3) is 5.88 Å². The molecule has 1 amide bonds. The van der Waals surface area contributed by atoms with Crippen LogP contribution in [0.15, 0.2) is 48.2 Å². The Morgan fingerprint density at radius 1 is 1.22 bits per heavy atom. The smallest absolute Gasteiger partial charge is 0.419 e. The summed E-state index contributed by atoms with van der Waals surface area (Å²) in [6.07, 6.45) is 6.01. The second-order valence-corrected chi connectivity index (χ2v) is 9.41. The summed E-state index contributed by atoms with van der Waals surface area (Å²) in [5.41, 5.74) is 9.87. The van der Waals surface area contributed by atoms with Crippen LogP contribution in [0.1, 0.15) is 48.9 Å². The van der Waals surface area contributed by atoms with E-state index in [1.165, 1.54) is 25.1 Å². The Bertz CT molecular complexity index is 1210. The molecule has 1 saturated heterocycles. The number of likely N-dealkylation sites (tertiary alicyclic amines) is 1. The Hall–Kier alpha value is -3.47. The van der Waals surface area contributed by atoms with Crippen LogP contribution in [-0.4, -0.2) is 40.4 Å². The van der Waals surface area contributed by atoms with E-state index in [4.69, 9.17) is 16.2 Å². The average Bonchev–Trinajstić information content (AvgIpc) is 3.36. The third kappa shape index (κ3) is 6.10. The van der Waals surface area contributed by atoms with Gasteiger partial charge in [0.05, 0.1) is 17.5 Å². The fourth-order valence-corrected chi connectivity index (χ4v) is 4.96. The summed E-state index contributed by atoms with van der Waals surface area (Å²) in [5.74, 6) is -2.22. The Kier molecular flexibility index (Phi) is 7.82. The lowest BCUT2D eigenvalue weighted by Gasteiger charge is -2.33. The van der Waals surface area contributed by atoms with Gasteiger partial charge in [-0.1, -0.05) is 30.4 Å². The highest BCUT2D eigenvalue weighted by Gasteiger charge is 2.38. The number of nitrogen functional groups attached to an aromatic ring is 1. The van der Waals surface area contributed by atoms with Gasteiger partial charge in [0.15, 0.2) is 5.82 Å². The van der Waals surface area contributed by atoms with Crippen LogP contribution in [0.25, 0.3) is 0 Å². The molecule has 198 valence electrons. The minimum Gasteiger partial charge on any atom is -0.470 e. The highest BCUT2D eigenvalue weighted by molar-refractivity contribution is 5.92. The number of amides is 1. The van der Waals surface area contributed by atoms with Crippen molar-refractivity contribution < 1.29 is 27.1 Å². The van der Waals surface area contributed by atoms with E-state index >= 15 is 0 Å². The molecule has 0 radical (unpaired) electrons. The van der Waals surface area contributed by atoms with Crippen LogP contribution < -0.4 is 16.2 Å². The largest absolute Gasteiger partial charge is 0.470 e. The van der Waals surface area contributed by atoms with Crippen LogP contribution in [0.5, 0.6) is 5.88 Å². The molecule has 1 atom stereocenters. The molecule has 0 spiro atoms. The van der Waals surface area contributed by atoms with Gasteiger partial charge in [-0.15, -0.1) is 0 Å². The molecule has 1 aliphatic heterocycles. The summed E-state index contributed by atoms with van der Waals surface area (Å²) in [6, 6.07) is 3.05. The van der Waals surface area contributed by atoms with Crippen molar-refractivity contribution in [2.75, 3.05) is 25.4 Å². The number of aromatic nitrogens is 2. The number of benzene rings is 1. The summed E-state index contributed by atoms with van der Waals surface area (Å²) >= 11 is 0. The molecule has 11 heteroatoms. The van der Waals surface area contributed by atoms with Gasteiger partial charge in [-0.25, -0.2) is 14.4 Å². The zero-order chi connectivity index (χ0) is 26.6. The van der Waals surface area contributed by atoms with E-state index in [9.17, 15) is 22.4 Å². The molecule has 1 aromatic heterocycles. The minimum atomic E-state index is -4.90. The molecule has 1 fully saturated rings. The number of halogens is 4. The monoisotopic (exact) mass is 519 g/mol. The summed E-state index contributed by atoms with van der Waals surface area (Å²) < 4.78 is 59.7. The maximum Gasteiger partial charge on any atom is 0.419 e. The summed E-state index contributed by atoms with van der Waals surface area (Å²) in [7, 11) is 0. The number of nitrogens with zero attached hydrogens (tertiary/aromatic N) is 3. The molecule has 2 aromatic rings. The number of ether oxygens (including phenoxy) is 1. The molecular formula is C26H29F4N5O2. The highest BCUT2D eigenvalue weighted by Crippen LogP contribution is 2.40. The second kappa shape index (κ2) is 10.9. The number of anilines is 1.